The highest BCUT2D eigenvalue weighted by atomic mass is 35.5. The van der Waals surface area contributed by atoms with Gasteiger partial charge >= 0.3 is 0 Å². The summed E-state index contributed by atoms with van der Waals surface area (Å²) >= 11 is 7.42. The third-order valence-corrected chi connectivity index (χ3v) is 6.30. The first kappa shape index (κ1) is 21.4. The number of halogens is 2. The number of carbonyl (C=O) groups is 1. The third kappa shape index (κ3) is 4.69. The van der Waals surface area contributed by atoms with E-state index in [1.807, 2.05) is 42.5 Å². The molecular formula is C25H17ClFN3O2S. The van der Waals surface area contributed by atoms with E-state index in [-0.39, 0.29) is 17.3 Å². The van der Waals surface area contributed by atoms with E-state index in [1.165, 1.54) is 23.9 Å². The van der Waals surface area contributed by atoms with Gasteiger partial charge in [0.15, 0.2) is 5.82 Å². The average Bonchev–Trinajstić information content (AvgIpc) is 2.83. The number of ether oxygens (including phenoxy) is 1. The van der Waals surface area contributed by atoms with Crippen LogP contribution >= 0.6 is 23.4 Å². The Morgan fingerprint density at radius 2 is 1.85 bits per heavy atom. The van der Waals surface area contributed by atoms with Crippen molar-refractivity contribution in [2.75, 3.05) is 11.1 Å². The Labute approximate surface area is 199 Å². The van der Waals surface area contributed by atoms with Crippen molar-refractivity contribution in [3.63, 3.8) is 0 Å². The van der Waals surface area contributed by atoms with Crippen LogP contribution < -0.4 is 10.1 Å². The molecule has 8 heteroatoms. The zero-order valence-corrected chi connectivity index (χ0v) is 18.8. The van der Waals surface area contributed by atoms with Crippen molar-refractivity contribution in [1.82, 2.24) is 9.97 Å². The number of thioether (sulfide) groups is 1. The van der Waals surface area contributed by atoms with E-state index < -0.39 is 5.82 Å². The van der Waals surface area contributed by atoms with Gasteiger partial charge in [-0.05, 0) is 30.3 Å². The van der Waals surface area contributed by atoms with Gasteiger partial charge in [0.25, 0.3) is 0 Å². The van der Waals surface area contributed by atoms with Crippen molar-refractivity contribution >= 4 is 35.0 Å². The second-order valence-corrected chi connectivity index (χ2v) is 8.75. The number of para-hydroxylation sites is 1. The Bertz CT molecular complexity index is 1350. The number of rotatable bonds is 5. The van der Waals surface area contributed by atoms with E-state index in [0.717, 1.165) is 16.7 Å². The molecule has 3 aromatic carbocycles. The molecule has 2 heterocycles. The molecule has 0 aliphatic carbocycles. The third-order valence-electron chi connectivity index (χ3n) is 5.05. The molecule has 1 aliphatic rings. The molecule has 0 saturated carbocycles. The number of amides is 1. The molecule has 0 unspecified atom stereocenters. The number of nitrogens with zero attached hydrogens (tertiary/aromatic N) is 2. The van der Waals surface area contributed by atoms with Crippen LogP contribution in [0.15, 0.2) is 77.8 Å². The molecule has 33 heavy (non-hydrogen) atoms. The molecule has 5 rings (SSSR count). The smallest absolute Gasteiger partial charge is 0.234 e. The van der Waals surface area contributed by atoms with E-state index in [0.29, 0.717) is 33.9 Å². The molecule has 1 aliphatic heterocycles. The molecule has 1 N–H and O–H groups in total. The first-order chi connectivity index (χ1) is 16.1. The summed E-state index contributed by atoms with van der Waals surface area (Å²) in [6.45, 7) is 0. The number of nitrogens with one attached hydrogen (secondary N) is 1. The van der Waals surface area contributed by atoms with Gasteiger partial charge in [-0.3, -0.25) is 4.79 Å². The number of hydrogen-bond acceptors (Lipinski definition) is 5. The molecular weight excluding hydrogens is 461 g/mol. The maximum atomic E-state index is 13.9. The molecule has 0 spiro atoms. The minimum Gasteiger partial charge on any atom is -0.438 e. The second-order valence-electron chi connectivity index (χ2n) is 7.35. The van der Waals surface area contributed by atoms with Crippen LogP contribution in [0.2, 0.25) is 5.02 Å². The molecule has 4 aromatic rings. The SMILES string of the molecule is O=C(CSc1nc(-c2ccccc2)nc2c1Cc1cc(Cl)ccc1O2)Nc1ccccc1F. The van der Waals surface area contributed by atoms with E-state index in [1.54, 1.807) is 18.2 Å². The summed E-state index contributed by atoms with van der Waals surface area (Å²) in [4.78, 5) is 21.9. The number of hydrogen-bond donors (Lipinski definition) is 1. The summed E-state index contributed by atoms with van der Waals surface area (Å²) < 4.78 is 20.0. The summed E-state index contributed by atoms with van der Waals surface area (Å²) in [7, 11) is 0. The first-order valence-corrected chi connectivity index (χ1v) is 11.5. The number of carbonyl (C=O) groups excluding carboxylic acids is 1. The van der Waals surface area contributed by atoms with Crippen LogP contribution in [0.3, 0.4) is 0 Å². The topological polar surface area (TPSA) is 64.1 Å². The van der Waals surface area contributed by atoms with Crippen molar-refractivity contribution < 1.29 is 13.9 Å². The minimum atomic E-state index is -0.483. The van der Waals surface area contributed by atoms with Crippen LogP contribution in [0.25, 0.3) is 11.4 Å². The Hall–Kier alpha value is -3.42. The van der Waals surface area contributed by atoms with Crippen LogP contribution in [0.1, 0.15) is 11.1 Å². The van der Waals surface area contributed by atoms with Gasteiger partial charge in [-0.15, -0.1) is 0 Å². The van der Waals surface area contributed by atoms with Crippen molar-refractivity contribution in [3.05, 3.63) is 94.8 Å². The highest BCUT2D eigenvalue weighted by molar-refractivity contribution is 8.00. The van der Waals surface area contributed by atoms with Gasteiger partial charge in [-0.25, -0.2) is 9.37 Å². The zero-order valence-electron chi connectivity index (χ0n) is 17.2. The Kier molecular flexibility index (Phi) is 5.98. The fourth-order valence-corrected chi connectivity index (χ4v) is 4.50. The van der Waals surface area contributed by atoms with Crippen LogP contribution in [-0.2, 0) is 11.2 Å². The fourth-order valence-electron chi connectivity index (χ4n) is 3.48. The van der Waals surface area contributed by atoms with Gasteiger partial charge in [0.05, 0.1) is 17.0 Å². The predicted molar refractivity (Wildman–Crippen MR) is 128 cm³/mol. The minimum absolute atomic E-state index is 0.0500. The van der Waals surface area contributed by atoms with Gasteiger partial charge in [0.1, 0.15) is 16.6 Å². The second kappa shape index (κ2) is 9.21. The standard InChI is InChI=1S/C25H17ClFN3O2S/c26-17-10-11-21-16(12-17)13-18-24(32-21)29-23(15-6-2-1-3-7-15)30-25(18)33-14-22(31)28-20-9-5-4-8-19(20)27/h1-12H,13-14H2,(H,28,31). The summed E-state index contributed by atoms with van der Waals surface area (Å²) in [6, 6.07) is 21.1. The van der Waals surface area contributed by atoms with Gasteiger partial charge in [-0.1, -0.05) is 65.8 Å². The summed E-state index contributed by atoms with van der Waals surface area (Å²) in [6.07, 6.45) is 0.525. The molecule has 164 valence electrons. The highest BCUT2D eigenvalue weighted by Crippen LogP contribution is 2.41. The predicted octanol–water partition coefficient (Wildman–Crippen LogP) is 6.36. The Balaban J connectivity index is 1.45. The van der Waals surface area contributed by atoms with E-state index >= 15 is 0 Å². The van der Waals surface area contributed by atoms with Gasteiger partial charge in [0.2, 0.25) is 11.8 Å². The molecule has 0 radical (unpaired) electrons. The van der Waals surface area contributed by atoms with Crippen LogP contribution in [0.5, 0.6) is 11.6 Å². The summed E-state index contributed by atoms with van der Waals surface area (Å²) in [5, 5.41) is 3.85. The van der Waals surface area contributed by atoms with E-state index in [9.17, 15) is 9.18 Å². The van der Waals surface area contributed by atoms with Crippen molar-refractivity contribution in [1.29, 1.82) is 0 Å². The average molecular weight is 478 g/mol. The summed E-state index contributed by atoms with van der Waals surface area (Å²) in [5.41, 5.74) is 2.69. The molecule has 0 fully saturated rings. The van der Waals surface area contributed by atoms with E-state index in [2.05, 4.69) is 10.3 Å². The van der Waals surface area contributed by atoms with Gasteiger partial charge in [-0.2, -0.15) is 4.98 Å². The molecule has 1 aromatic heterocycles. The quantitative estimate of drug-likeness (QED) is 0.235. The number of anilines is 1. The van der Waals surface area contributed by atoms with Gasteiger partial charge < -0.3 is 10.1 Å². The zero-order chi connectivity index (χ0) is 22.8. The van der Waals surface area contributed by atoms with Gasteiger partial charge in [0, 0.05) is 22.6 Å². The normalized spacial score (nSPS) is 11.8. The monoisotopic (exact) mass is 477 g/mol. The van der Waals surface area contributed by atoms with Crippen molar-refractivity contribution in [3.8, 4) is 23.0 Å². The number of fused-ring (bicyclic) bond motifs is 2. The lowest BCUT2D eigenvalue weighted by molar-refractivity contribution is -0.113. The first-order valence-electron chi connectivity index (χ1n) is 10.2. The summed E-state index contributed by atoms with van der Waals surface area (Å²) in [5.74, 6) is 0.883. The maximum absolute atomic E-state index is 13.9. The molecule has 0 saturated heterocycles. The molecule has 0 atom stereocenters. The lowest BCUT2D eigenvalue weighted by Crippen LogP contribution is -2.16. The molecule has 1 amide bonds. The molecule has 0 bridgehead atoms. The maximum Gasteiger partial charge on any atom is 0.234 e. The van der Waals surface area contributed by atoms with Crippen molar-refractivity contribution in [2.24, 2.45) is 0 Å². The fraction of sp³-hybridized carbons (Fsp3) is 0.0800. The van der Waals surface area contributed by atoms with Crippen LogP contribution in [0.4, 0.5) is 10.1 Å². The van der Waals surface area contributed by atoms with Crippen LogP contribution in [0, 0.1) is 5.82 Å². The highest BCUT2D eigenvalue weighted by Gasteiger charge is 2.25. The van der Waals surface area contributed by atoms with Crippen LogP contribution in [-0.4, -0.2) is 21.6 Å². The lowest BCUT2D eigenvalue weighted by atomic mass is 10.0. The largest absolute Gasteiger partial charge is 0.438 e. The lowest BCUT2D eigenvalue weighted by Gasteiger charge is -2.22. The Morgan fingerprint density at radius 1 is 1.06 bits per heavy atom. The molecule has 5 nitrogen and oxygen atoms in total. The number of benzene rings is 3. The van der Waals surface area contributed by atoms with Crippen molar-refractivity contribution in [2.45, 2.75) is 11.4 Å². The number of aromatic nitrogens is 2. The van der Waals surface area contributed by atoms with E-state index in [4.69, 9.17) is 21.3 Å². The Morgan fingerprint density at radius 3 is 2.67 bits per heavy atom.